The zero-order valence-corrected chi connectivity index (χ0v) is 22.0. The zero-order valence-electron chi connectivity index (χ0n) is 21.1. The summed E-state index contributed by atoms with van der Waals surface area (Å²) in [6.07, 6.45) is 15.1. The molecule has 1 aliphatic heterocycles. The van der Waals surface area contributed by atoms with Crippen LogP contribution in [0.3, 0.4) is 0 Å². The van der Waals surface area contributed by atoms with Crippen LogP contribution in [0.15, 0.2) is 36.4 Å². The van der Waals surface area contributed by atoms with Crippen LogP contribution in [0.5, 0.6) is 5.75 Å². The molecule has 0 aromatic heterocycles. The van der Waals surface area contributed by atoms with Gasteiger partial charge < -0.3 is 9.84 Å². The van der Waals surface area contributed by atoms with Crippen LogP contribution in [0.1, 0.15) is 89.0 Å². The third-order valence-electron chi connectivity index (χ3n) is 6.62. The highest BCUT2D eigenvalue weighted by Gasteiger charge is 2.31. The quantitative estimate of drug-likeness (QED) is 0.204. The van der Waals surface area contributed by atoms with E-state index < -0.39 is 5.97 Å². The molecule has 3 rings (SSSR count). The molecule has 196 valence electrons. The lowest BCUT2D eigenvalue weighted by Crippen LogP contribution is -2.25. The first-order valence-corrected chi connectivity index (χ1v) is 14.3. The number of imide groups is 1. The smallest absolute Gasteiger partial charge is 0.303 e. The number of hydrogen-bond acceptors (Lipinski definition) is 5. The summed E-state index contributed by atoms with van der Waals surface area (Å²) in [4.78, 5) is 33.6. The second-order valence-corrected chi connectivity index (χ2v) is 10.8. The summed E-state index contributed by atoms with van der Waals surface area (Å²) in [5.74, 6) is 0.000549. The zero-order chi connectivity index (χ0) is 25.6. The number of carboxylic acids is 1. The van der Waals surface area contributed by atoms with Gasteiger partial charge in [0.05, 0.1) is 11.9 Å². The molecule has 2 N–H and O–H groups in total. The highest BCUT2D eigenvalue weighted by atomic mass is 32.2. The number of ether oxygens (including phenoxy) is 1. The molecular weight excluding hydrogens is 474 g/mol. The van der Waals surface area contributed by atoms with E-state index in [-0.39, 0.29) is 16.4 Å². The Bertz CT molecular complexity index is 1010. The summed E-state index contributed by atoms with van der Waals surface area (Å²) in [5.41, 5.74) is 1.05. The maximum absolute atomic E-state index is 11.8. The molecule has 1 unspecified atom stereocenters. The second kappa shape index (κ2) is 15.5. The molecule has 0 bridgehead atoms. The number of fused-ring (bicyclic) bond motifs is 1. The Morgan fingerprint density at radius 3 is 2.00 bits per heavy atom. The van der Waals surface area contributed by atoms with Crippen molar-refractivity contribution in [2.45, 2.75) is 95.1 Å². The Hall–Kier alpha value is -2.54. The second-order valence-electron chi connectivity index (χ2n) is 9.67. The van der Waals surface area contributed by atoms with Crippen molar-refractivity contribution in [2.75, 3.05) is 6.61 Å². The normalized spacial score (nSPS) is 15.4. The van der Waals surface area contributed by atoms with E-state index in [0.717, 1.165) is 66.1 Å². The molecule has 1 atom stereocenters. The number of unbranched alkanes of at least 4 members (excludes halogenated alkanes) is 11. The monoisotopic (exact) mass is 513 g/mol. The number of thioether (sulfide) groups is 1. The van der Waals surface area contributed by atoms with Crippen LogP contribution in [0.4, 0.5) is 4.79 Å². The van der Waals surface area contributed by atoms with Crippen LogP contribution in [-0.4, -0.2) is 34.1 Å². The molecule has 2 amide bonds. The Kier molecular flexibility index (Phi) is 12.1. The maximum Gasteiger partial charge on any atom is 0.303 e. The molecule has 0 saturated carbocycles. The molecular formula is C29H39NO5S. The number of aliphatic carboxylic acids is 1. The van der Waals surface area contributed by atoms with Crippen molar-refractivity contribution in [3.05, 3.63) is 42.0 Å². The van der Waals surface area contributed by atoms with Crippen molar-refractivity contribution >= 4 is 39.7 Å². The minimum absolute atomic E-state index is 0.202. The van der Waals surface area contributed by atoms with Gasteiger partial charge in [-0.1, -0.05) is 100 Å². The third kappa shape index (κ3) is 10.2. The largest absolute Gasteiger partial charge is 0.494 e. The first kappa shape index (κ1) is 28.0. The molecule has 6 nitrogen and oxygen atoms in total. The molecule has 2 aromatic rings. The van der Waals surface area contributed by atoms with Gasteiger partial charge in [-0.15, -0.1) is 0 Å². The third-order valence-corrected chi connectivity index (χ3v) is 7.60. The van der Waals surface area contributed by atoms with E-state index in [4.69, 9.17) is 9.84 Å². The van der Waals surface area contributed by atoms with Crippen LogP contribution in [0.25, 0.3) is 10.8 Å². The highest BCUT2D eigenvalue weighted by molar-refractivity contribution is 8.15. The Morgan fingerprint density at radius 1 is 0.806 bits per heavy atom. The van der Waals surface area contributed by atoms with Crippen LogP contribution in [0.2, 0.25) is 0 Å². The standard InChI is InChI=1S/C29H39NO5S/c31-27(32)13-11-9-7-5-3-1-2-4-6-8-10-12-18-35-25-17-16-23-19-22(14-15-24(23)21-25)20-26-28(33)30-29(34)36-26/h14-17,19,21,26H,1-13,18,20H2,(H,31,32)(H,30,33,34). The number of carbonyl (C=O) groups excluding carboxylic acids is 2. The van der Waals surface area contributed by atoms with Gasteiger partial charge in [-0.2, -0.15) is 0 Å². The first-order chi connectivity index (χ1) is 17.5. The van der Waals surface area contributed by atoms with Crippen LogP contribution in [-0.2, 0) is 16.0 Å². The average molecular weight is 514 g/mol. The molecule has 1 fully saturated rings. The Labute approximate surface area is 218 Å². The summed E-state index contributed by atoms with van der Waals surface area (Å²) >= 11 is 1.07. The maximum atomic E-state index is 11.8. The van der Waals surface area contributed by atoms with E-state index in [1.165, 1.54) is 51.4 Å². The minimum Gasteiger partial charge on any atom is -0.494 e. The number of carboxylic acid groups (broad SMARTS) is 1. The molecule has 0 aliphatic carbocycles. The number of amides is 2. The fourth-order valence-electron chi connectivity index (χ4n) is 4.57. The van der Waals surface area contributed by atoms with Crippen LogP contribution < -0.4 is 10.1 Å². The SMILES string of the molecule is O=C(O)CCCCCCCCCCCCCCOc1ccc2cc(CC3SC(=O)NC3=O)ccc2c1. The van der Waals surface area contributed by atoms with Gasteiger partial charge in [0.2, 0.25) is 5.91 Å². The van der Waals surface area contributed by atoms with Crippen molar-refractivity contribution in [1.82, 2.24) is 5.32 Å². The van der Waals surface area contributed by atoms with Crippen molar-refractivity contribution in [3.8, 4) is 5.75 Å². The van der Waals surface area contributed by atoms with E-state index in [1.807, 2.05) is 12.1 Å². The van der Waals surface area contributed by atoms with E-state index in [9.17, 15) is 14.4 Å². The lowest BCUT2D eigenvalue weighted by molar-refractivity contribution is -0.137. The van der Waals surface area contributed by atoms with Gasteiger partial charge in [0, 0.05) is 6.42 Å². The van der Waals surface area contributed by atoms with Crippen molar-refractivity contribution in [3.63, 3.8) is 0 Å². The number of nitrogens with one attached hydrogen (secondary N) is 1. The van der Waals surface area contributed by atoms with Crippen LogP contribution in [0, 0.1) is 0 Å². The molecule has 7 heteroatoms. The molecule has 1 aliphatic rings. The fourth-order valence-corrected chi connectivity index (χ4v) is 5.43. The molecule has 1 heterocycles. The number of carbonyl (C=O) groups is 3. The molecule has 2 aromatic carbocycles. The van der Waals surface area contributed by atoms with E-state index in [1.54, 1.807) is 0 Å². The van der Waals surface area contributed by atoms with Crippen molar-refractivity contribution in [2.24, 2.45) is 0 Å². The van der Waals surface area contributed by atoms with Gasteiger partial charge in [-0.25, -0.2) is 0 Å². The number of hydrogen-bond donors (Lipinski definition) is 2. The minimum atomic E-state index is -0.682. The van der Waals surface area contributed by atoms with Gasteiger partial charge in [0.25, 0.3) is 5.24 Å². The van der Waals surface area contributed by atoms with E-state index in [2.05, 4.69) is 29.6 Å². The lowest BCUT2D eigenvalue weighted by atomic mass is 10.0. The topological polar surface area (TPSA) is 92.7 Å². The summed E-state index contributed by atoms with van der Waals surface area (Å²) < 4.78 is 5.96. The molecule has 0 radical (unpaired) electrons. The summed E-state index contributed by atoms with van der Waals surface area (Å²) in [5, 5.41) is 12.6. The highest BCUT2D eigenvalue weighted by Crippen LogP contribution is 2.26. The molecule has 1 saturated heterocycles. The van der Waals surface area contributed by atoms with Gasteiger partial charge in [-0.05, 0) is 47.7 Å². The molecule has 0 spiro atoms. The summed E-state index contributed by atoms with van der Waals surface area (Å²) in [6, 6.07) is 12.3. The Balaban J connectivity index is 1.21. The number of benzene rings is 2. The van der Waals surface area contributed by atoms with Crippen LogP contribution >= 0.6 is 11.8 Å². The van der Waals surface area contributed by atoms with E-state index in [0.29, 0.717) is 12.8 Å². The fraction of sp³-hybridized carbons (Fsp3) is 0.552. The predicted octanol–water partition coefficient (Wildman–Crippen LogP) is 7.27. The van der Waals surface area contributed by atoms with Crippen molar-refractivity contribution < 1.29 is 24.2 Å². The summed E-state index contributed by atoms with van der Waals surface area (Å²) in [7, 11) is 0. The summed E-state index contributed by atoms with van der Waals surface area (Å²) in [6.45, 7) is 0.730. The van der Waals surface area contributed by atoms with Gasteiger partial charge >= 0.3 is 5.97 Å². The van der Waals surface area contributed by atoms with Gasteiger partial charge in [0.15, 0.2) is 0 Å². The van der Waals surface area contributed by atoms with E-state index >= 15 is 0 Å². The van der Waals surface area contributed by atoms with Gasteiger partial charge in [0.1, 0.15) is 5.75 Å². The lowest BCUT2D eigenvalue weighted by Gasteiger charge is -2.10. The predicted molar refractivity (Wildman–Crippen MR) is 146 cm³/mol. The van der Waals surface area contributed by atoms with Crippen molar-refractivity contribution in [1.29, 1.82) is 0 Å². The number of rotatable bonds is 18. The molecule has 36 heavy (non-hydrogen) atoms. The Morgan fingerprint density at radius 2 is 1.39 bits per heavy atom. The van der Waals surface area contributed by atoms with Gasteiger partial charge in [-0.3, -0.25) is 19.7 Å². The first-order valence-electron chi connectivity index (χ1n) is 13.4. The average Bonchev–Trinajstić information content (AvgIpc) is 3.17.